The van der Waals surface area contributed by atoms with Crippen LogP contribution >= 0.6 is 0 Å². The summed E-state index contributed by atoms with van der Waals surface area (Å²) in [4.78, 5) is 24.0. The molecule has 1 aliphatic carbocycles. The number of aliphatic carboxylic acids is 1. The van der Waals surface area contributed by atoms with Crippen LogP contribution < -0.4 is 0 Å². The maximum Gasteiger partial charge on any atom is 0.307 e. The number of hydrogen-bond donors (Lipinski definition) is 1. The lowest BCUT2D eigenvalue weighted by Gasteiger charge is -2.26. The number of carbonyl (C=O) groups excluding carboxylic acids is 1. The van der Waals surface area contributed by atoms with E-state index in [2.05, 4.69) is 0 Å². The van der Waals surface area contributed by atoms with Gasteiger partial charge in [0.2, 0.25) is 5.91 Å². The molecule has 0 aromatic heterocycles. The lowest BCUT2D eigenvalue weighted by atomic mass is 10.2. The molecule has 0 aromatic carbocycles. The van der Waals surface area contributed by atoms with Crippen molar-refractivity contribution in [3.63, 3.8) is 0 Å². The monoisotopic (exact) mass is 199 g/mol. The van der Waals surface area contributed by atoms with Crippen LogP contribution in [0.5, 0.6) is 0 Å². The van der Waals surface area contributed by atoms with E-state index in [0.717, 1.165) is 0 Å². The summed E-state index contributed by atoms with van der Waals surface area (Å²) < 4.78 is 5.11. The van der Waals surface area contributed by atoms with E-state index in [1.165, 1.54) is 0 Å². The fourth-order valence-corrected chi connectivity index (χ4v) is 1.76. The second-order valence-corrected chi connectivity index (χ2v) is 3.72. The van der Waals surface area contributed by atoms with Crippen LogP contribution in [0.15, 0.2) is 0 Å². The Bertz CT molecular complexity index is 260. The van der Waals surface area contributed by atoms with Gasteiger partial charge in [-0.2, -0.15) is 0 Å². The van der Waals surface area contributed by atoms with Crippen LogP contribution in [0.4, 0.5) is 0 Å². The van der Waals surface area contributed by atoms with Crippen LogP contribution in [0.3, 0.4) is 0 Å². The molecule has 1 N–H and O–H groups in total. The number of amides is 1. The van der Waals surface area contributed by atoms with Crippen molar-refractivity contribution in [3.8, 4) is 0 Å². The quantitative estimate of drug-likeness (QED) is 0.655. The molecule has 14 heavy (non-hydrogen) atoms. The minimum Gasteiger partial charge on any atom is -0.481 e. The van der Waals surface area contributed by atoms with Crippen molar-refractivity contribution >= 4 is 11.9 Å². The molecule has 2 rings (SSSR count). The summed E-state index contributed by atoms with van der Waals surface area (Å²) in [6, 6.07) is 0. The molecule has 0 aromatic rings. The number of hydrogen-bond acceptors (Lipinski definition) is 3. The highest BCUT2D eigenvalue weighted by Crippen LogP contribution is 2.40. The molecule has 1 amide bonds. The molecule has 78 valence electrons. The average molecular weight is 199 g/mol. The zero-order chi connectivity index (χ0) is 10.1. The molecular weight excluding hydrogens is 186 g/mol. The first-order chi connectivity index (χ1) is 6.70. The fourth-order valence-electron chi connectivity index (χ4n) is 1.76. The number of carboxylic acids is 1. The molecule has 1 saturated heterocycles. The molecule has 0 unspecified atom stereocenters. The second kappa shape index (κ2) is 3.57. The van der Waals surface area contributed by atoms with Gasteiger partial charge in [-0.15, -0.1) is 0 Å². The topological polar surface area (TPSA) is 66.8 Å². The number of morpholine rings is 1. The SMILES string of the molecule is O=C(O)[C@@H]1C[C@@H]1C(=O)N1CCOCC1. The van der Waals surface area contributed by atoms with Gasteiger partial charge in [0, 0.05) is 13.1 Å². The molecule has 0 radical (unpaired) electrons. The zero-order valence-electron chi connectivity index (χ0n) is 7.81. The highest BCUT2D eigenvalue weighted by molar-refractivity contribution is 5.89. The van der Waals surface area contributed by atoms with Crippen molar-refractivity contribution in [1.82, 2.24) is 4.90 Å². The predicted octanol–water partition coefficient (Wildman–Crippen LogP) is -0.434. The van der Waals surface area contributed by atoms with E-state index in [4.69, 9.17) is 9.84 Å². The largest absolute Gasteiger partial charge is 0.481 e. The Kier molecular flexibility index (Phi) is 2.41. The third-order valence-corrected chi connectivity index (χ3v) is 2.75. The van der Waals surface area contributed by atoms with E-state index in [1.807, 2.05) is 0 Å². The van der Waals surface area contributed by atoms with Crippen LogP contribution in [0, 0.1) is 11.8 Å². The van der Waals surface area contributed by atoms with Crippen molar-refractivity contribution in [2.45, 2.75) is 6.42 Å². The summed E-state index contributed by atoms with van der Waals surface area (Å²) >= 11 is 0. The van der Waals surface area contributed by atoms with Gasteiger partial charge < -0.3 is 14.7 Å². The Labute approximate surface area is 81.6 Å². The first-order valence-corrected chi connectivity index (χ1v) is 4.79. The second-order valence-electron chi connectivity index (χ2n) is 3.72. The summed E-state index contributed by atoms with van der Waals surface area (Å²) in [7, 11) is 0. The molecule has 1 saturated carbocycles. The number of nitrogens with zero attached hydrogens (tertiary/aromatic N) is 1. The Morgan fingerprint density at radius 3 is 2.36 bits per heavy atom. The fraction of sp³-hybridized carbons (Fsp3) is 0.778. The van der Waals surface area contributed by atoms with E-state index in [9.17, 15) is 9.59 Å². The molecule has 5 heteroatoms. The standard InChI is InChI=1S/C9H13NO4/c11-8(6-5-7(6)9(12)13)10-1-3-14-4-2-10/h6-7H,1-5H2,(H,12,13)/t6-,7+/m0/s1. The van der Waals surface area contributed by atoms with E-state index in [0.29, 0.717) is 32.7 Å². The summed E-state index contributed by atoms with van der Waals surface area (Å²) in [5.41, 5.74) is 0. The van der Waals surface area contributed by atoms with Crippen LogP contribution in [0.25, 0.3) is 0 Å². The van der Waals surface area contributed by atoms with Crippen LogP contribution in [-0.4, -0.2) is 48.2 Å². The Morgan fingerprint density at radius 1 is 1.21 bits per heavy atom. The molecule has 5 nitrogen and oxygen atoms in total. The first-order valence-electron chi connectivity index (χ1n) is 4.79. The normalized spacial score (nSPS) is 31.3. The van der Waals surface area contributed by atoms with Gasteiger partial charge in [-0.3, -0.25) is 9.59 Å². The van der Waals surface area contributed by atoms with Gasteiger partial charge >= 0.3 is 5.97 Å². The molecule has 1 heterocycles. The van der Waals surface area contributed by atoms with Gasteiger partial charge in [0.05, 0.1) is 25.0 Å². The molecular formula is C9H13NO4. The number of ether oxygens (including phenoxy) is 1. The molecule has 0 spiro atoms. The zero-order valence-corrected chi connectivity index (χ0v) is 7.81. The Balaban J connectivity index is 1.87. The van der Waals surface area contributed by atoms with Crippen LogP contribution in [-0.2, 0) is 14.3 Å². The molecule has 2 atom stereocenters. The minimum absolute atomic E-state index is 0.0132. The molecule has 0 bridgehead atoms. The van der Waals surface area contributed by atoms with E-state index in [1.54, 1.807) is 4.90 Å². The summed E-state index contributed by atoms with van der Waals surface area (Å²) in [5.74, 6) is -1.58. The summed E-state index contributed by atoms with van der Waals surface area (Å²) in [6.45, 7) is 2.33. The van der Waals surface area contributed by atoms with Gasteiger partial charge in [-0.05, 0) is 6.42 Å². The van der Waals surface area contributed by atoms with Gasteiger partial charge in [0.15, 0.2) is 0 Å². The molecule has 1 aliphatic heterocycles. The van der Waals surface area contributed by atoms with Crippen molar-refractivity contribution in [3.05, 3.63) is 0 Å². The van der Waals surface area contributed by atoms with Crippen molar-refractivity contribution in [2.75, 3.05) is 26.3 Å². The predicted molar refractivity (Wildman–Crippen MR) is 46.6 cm³/mol. The molecule has 2 aliphatic rings. The van der Waals surface area contributed by atoms with Crippen LogP contribution in [0.1, 0.15) is 6.42 Å². The van der Waals surface area contributed by atoms with E-state index < -0.39 is 11.9 Å². The number of carboxylic acid groups (broad SMARTS) is 1. The lowest BCUT2D eigenvalue weighted by Crippen LogP contribution is -2.41. The van der Waals surface area contributed by atoms with E-state index in [-0.39, 0.29) is 11.8 Å². The van der Waals surface area contributed by atoms with Crippen LogP contribution in [0.2, 0.25) is 0 Å². The van der Waals surface area contributed by atoms with Crippen molar-refractivity contribution < 1.29 is 19.4 Å². The smallest absolute Gasteiger partial charge is 0.307 e. The average Bonchev–Trinajstić information content (AvgIpc) is 2.97. The highest BCUT2D eigenvalue weighted by atomic mass is 16.5. The maximum absolute atomic E-state index is 11.7. The number of carbonyl (C=O) groups is 2. The number of rotatable bonds is 2. The Morgan fingerprint density at radius 2 is 1.86 bits per heavy atom. The summed E-state index contributed by atoms with van der Waals surface area (Å²) in [6.07, 6.45) is 0.505. The third-order valence-electron chi connectivity index (χ3n) is 2.75. The highest BCUT2D eigenvalue weighted by Gasteiger charge is 2.49. The molecule has 2 fully saturated rings. The first kappa shape index (κ1) is 9.45. The van der Waals surface area contributed by atoms with Crippen molar-refractivity contribution in [1.29, 1.82) is 0 Å². The summed E-state index contributed by atoms with van der Waals surface area (Å²) in [5, 5.41) is 8.68. The van der Waals surface area contributed by atoms with E-state index >= 15 is 0 Å². The maximum atomic E-state index is 11.7. The lowest BCUT2D eigenvalue weighted by molar-refractivity contribution is -0.143. The third kappa shape index (κ3) is 1.72. The van der Waals surface area contributed by atoms with Crippen molar-refractivity contribution in [2.24, 2.45) is 11.8 Å². The van der Waals surface area contributed by atoms with Gasteiger partial charge in [-0.25, -0.2) is 0 Å². The van der Waals surface area contributed by atoms with Gasteiger partial charge in [-0.1, -0.05) is 0 Å². The minimum atomic E-state index is -0.850. The Hall–Kier alpha value is -1.10. The van der Waals surface area contributed by atoms with Gasteiger partial charge in [0.25, 0.3) is 0 Å². The van der Waals surface area contributed by atoms with Gasteiger partial charge in [0.1, 0.15) is 0 Å².